The molecule has 0 heterocycles. The fraction of sp³-hybridized carbons (Fsp3) is 0.500. The van der Waals surface area contributed by atoms with Crippen LogP contribution in [-0.2, 0) is 0 Å². The van der Waals surface area contributed by atoms with Crippen molar-refractivity contribution in [1.82, 2.24) is 0 Å². The molecule has 2 N–H and O–H groups in total. The van der Waals surface area contributed by atoms with Gasteiger partial charge in [-0.3, -0.25) is 0 Å². The number of halogens is 1. The van der Waals surface area contributed by atoms with Gasteiger partial charge in [0.05, 0.1) is 12.2 Å². The fourth-order valence-electron chi connectivity index (χ4n) is 2.55. The third kappa shape index (κ3) is 3.04. The molecule has 1 aromatic rings. The van der Waals surface area contributed by atoms with Crippen molar-refractivity contribution in [2.45, 2.75) is 19.3 Å². The second-order valence-corrected chi connectivity index (χ2v) is 5.67. The van der Waals surface area contributed by atoms with E-state index in [2.05, 4.69) is 22.0 Å². The standard InChI is InChI=1S/C14H17BrN2O/c15-13-5-4-11(8-17)14(6-13)18-9-12-3-1-2-10(12)7-16/h4-6,10,12H,1-3,7,9,16H2. The van der Waals surface area contributed by atoms with Crippen molar-refractivity contribution in [2.24, 2.45) is 17.6 Å². The highest BCUT2D eigenvalue weighted by Gasteiger charge is 2.26. The summed E-state index contributed by atoms with van der Waals surface area (Å²) in [6.07, 6.45) is 3.62. The Labute approximate surface area is 116 Å². The van der Waals surface area contributed by atoms with Crippen LogP contribution in [0.1, 0.15) is 24.8 Å². The zero-order chi connectivity index (χ0) is 13.0. The predicted molar refractivity (Wildman–Crippen MR) is 74.2 cm³/mol. The topological polar surface area (TPSA) is 59.0 Å². The maximum absolute atomic E-state index is 9.03. The van der Waals surface area contributed by atoms with E-state index in [-0.39, 0.29) is 0 Å². The molecule has 0 aromatic heterocycles. The number of nitrogens with two attached hydrogens (primary N) is 1. The van der Waals surface area contributed by atoms with Crippen LogP contribution in [0, 0.1) is 23.2 Å². The first-order chi connectivity index (χ1) is 8.74. The van der Waals surface area contributed by atoms with Crippen molar-refractivity contribution in [1.29, 1.82) is 5.26 Å². The van der Waals surface area contributed by atoms with E-state index in [0.717, 1.165) is 11.0 Å². The third-order valence-electron chi connectivity index (χ3n) is 3.64. The summed E-state index contributed by atoms with van der Waals surface area (Å²) >= 11 is 3.40. The van der Waals surface area contributed by atoms with E-state index in [1.54, 1.807) is 6.07 Å². The van der Waals surface area contributed by atoms with Gasteiger partial charge in [-0.05, 0) is 49.4 Å². The molecule has 0 amide bonds. The van der Waals surface area contributed by atoms with Gasteiger partial charge in [0.25, 0.3) is 0 Å². The summed E-state index contributed by atoms with van der Waals surface area (Å²) in [6.45, 7) is 1.39. The molecule has 1 saturated carbocycles. The molecule has 0 bridgehead atoms. The number of hydrogen-bond donors (Lipinski definition) is 1. The Morgan fingerprint density at radius 3 is 2.89 bits per heavy atom. The van der Waals surface area contributed by atoms with Crippen molar-refractivity contribution in [3.63, 3.8) is 0 Å². The zero-order valence-electron chi connectivity index (χ0n) is 10.2. The number of rotatable bonds is 4. The van der Waals surface area contributed by atoms with E-state index in [0.29, 0.717) is 29.8 Å². The second kappa shape index (κ2) is 6.21. The maximum Gasteiger partial charge on any atom is 0.138 e. The highest BCUT2D eigenvalue weighted by molar-refractivity contribution is 9.10. The van der Waals surface area contributed by atoms with E-state index >= 15 is 0 Å². The minimum atomic E-state index is 0.528. The van der Waals surface area contributed by atoms with Crippen LogP contribution in [0.15, 0.2) is 22.7 Å². The summed E-state index contributed by atoms with van der Waals surface area (Å²) in [4.78, 5) is 0. The highest BCUT2D eigenvalue weighted by atomic mass is 79.9. The monoisotopic (exact) mass is 308 g/mol. The molecular weight excluding hydrogens is 292 g/mol. The minimum Gasteiger partial charge on any atom is -0.492 e. The highest BCUT2D eigenvalue weighted by Crippen LogP contribution is 2.32. The largest absolute Gasteiger partial charge is 0.492 e. The van der Waals surface area contributed by atoms with Gasteiger partial charge in [-0.2, -0.15) is 5.26 Å². The molecule has 0 spiro atoms. The number of benzene rings is 1. The van der Waals surface area contributed by atoms with E-state index in [4.69, 9.17) is 15.7 Å². The molecule has 96 valence electrons. The smallest absolute Gasteiger partial charge is 0.138 e. The molecule has 1 aliphatic carbocycles. The van der Waals surface area contributed by atoms with Gasteiger partial charge >= 0.3 is 0 Å². The van der Waals surface area contributed by atoms with Crippen LogP contribution in [0.25, 0.3) is 0 Å². The van der Waals surface area contributed by atoms with Crippen molar-refractivity contribution in [3.05, 3.63) is 28.2 Å². The molecule has 1 aromatic carbocycles. The molecule has 2 atom stereocenters. The van der Waals surface area contributed by atoms with Crippen molar-refractivity contribution < 1.29 is 4.74 Å². The first-order valence-electron chi connectivity index (χ1n) is 6.27. The first kappa shape index (κ1) is 13.4. The lowest BCUT2D eigenvalue weighted by atomic mass is 9.97. The predicted octanol–water partition coefficient (Wildman–Crippen LogP) is 3.07. The molecule has 0 saturated heterocycles. The molecule has 0 aliphatic heterocycles. The Morgan fingerprint density at radius 2 is 2.17 bits per heavy atom. The molecule has 3 nitrogen and oxygen atoms in total. The fourth-order valence-corrected chi connectivity index (χ4v) is 2.89. The molecule has 1 fully saturated rings. The quantitative estimate of drug-likeness (QED) is 0.930. The summed E-state index contributed by atoms with van der Waals surface area (Å²) in [6, 6.07) is 7.63. The van der Waals surface area contributed by atoms with Gasteiger partial charge in [-0.25, -0.2) is 0 Å². The minimum absolute atomic E-state index is 0.528. The van der Waals surface area contributed by atoms with E-state index in [1.807, 2.05) is 12.1 Å². The lowest BCUT2D eigenvalue weighted by molar-refractivity contribution is 0.216. The van der Waals surface area contributed by atoms with Gasteiger partial charge in [-0.15, -0.1) is 0 Å². The Morgan fingerprint density at radius 1 is 1.39 bits per heavy atom. The maximum atomic E-state index is 9.03. The Bertz CT molecular complexity index is 456. The number of nitriles is 1. The molecule has 4 heteroatoms. The van der Waals surface area contributed by atoms with Crippen LogP contribution >= 0.6 is 15.9 Å². The summed E-state index contributed by atoms with van der Waals surface area (Å²) in [5, 5.41) is 9.03. The summed E-state index contributed by atoms with van der Waals surface area (Å²) in [7, 11) is 0. The van der Waals surface area contributed by atoms with Crippen LogP contribution in [0.5, 0.6) is 5.75 Å². The van der Waals surface area contributed by atoms with Crippen molar-refractivity contribution >= 4 is 15.9 Å². The van der Waals surface area contributed by atoms with E-state index in [1.165, 1.54) is 19.3 Å². The summed E-state index contributed by atoms with van der Waals surface area (Å²) < 4.78 is 6.75. The molecule has 2 unspecified atom stereocenters. The third-order valence-corrected chi connectivity index (χ3v) is 4.13. The molecule has 2 rings (SSSR count). The van der Waals surface area contributed by atoms with Crippen LogP contribution < -0.4 is 10.5 Å². The van der Waals surface area contributed by atoms with Gasteiger partial charge in [0, 0.05) is 4.47 Å². The Balaban J connectivity index is 2.02. The lowest BCUT2D eigenvalue weighted by Crippen LogP contribution is -2.23. The number of ether oxygens (including phenoxy) is 1. The first-order valence-corrected chi connectivity index (χ1v) is 7.06. The van der Waals surface area contributed by atoms with Gasteiger partial charge in [0.2, 0.25) is 0 Å². The van der Waals surface area contributed by atoms with Crippen LogP contribution in [0.3, 0.4) is 0 Å². The normalized spacial score (nSPS) is 22.7. The average Bonchev–Trinajstić information content (AvgIpc) is 2.84. The average molecular weight is 309 g/mol. The Hall–Kier alpha value is -1.05. The van der Waals surface area contributed by atoms with Crippen LogP contribution in [0.2, 0.25) is 0 Å². The van der Waals surface area contributed by atoms with Crippen LogP contribution in [-0.4, -0.2) is 13.2 Å². The molecular formula is C14H17BrN2O. The van der Waals surface area contributed by atoms with Gasteiger partial charge in [0.15, 0.2) is 0 Å². The number of hydrogen-bond acceptors (Lipinski definition) is 3. The zero-order valence-corrected chi connectivity index (χ0v) is 11.8. The lowest BCUT2D eigenvalue weighted by Gasteiger charge is -2.18. The van der Waals surface area contributed by atoms with Gasteiger partial charge < -0.3 is 10.5 Å². The summed E-state index contributed by atoms with van der Waals surface area (Å²) in [5.41, 5.74) is 6.34. The Kier molecular flexibility index (Phi) is 4.62. The van der Waals surface area contributed by atoms with E-state index in [9.17, 15) is 0 Å². The van der Waals surface area contributed by atoms with E-state index < -0.39 is 0 Å². The van der Waals surface area contributed by atoms with Gasteiger partial charge in [-0.1, -0.05) is 22.4 Å². The second-order valence-electron chi connectivity index (χ2n) is 4.75. The van der Waals surface area contributed by atoms with Gasteiger partial charge in [0.1, 0.15) is 11.8 Å². The van der Waals surface area contributed by atoms with Crippen LogP contribution in [0.4, 0.5) is 0 Å². The number of nitrogens with zero attached hydrogens (tertiary/aromatic N) is 1. The summed E-state index contributed by atoms with van der Waals surface area (Å²) in [5.74, 6) is 1.76. The SMILES string of the molecule is N#Cc1ccc(Br)cc1OCC1CCCC1CN. The van der Waals surface area contributed by atoms with Crippen molar-refractivity contribution in [3.8, 4) is 11.8 Å². The van der Waals surface area contributed by atoms with Crippen molar-refractivity contribution in [2.75, 3.05) is 13.2 Å². The molecule has 18 heavy (non-hydrogen) atoms. The molecule has 1 aliphatic rings. The molecule has 0 radical (unpaired) electrons.